The molecule has 30 heteroatoms. The van der Waals surface area contributed by atoms with Crippen LogP contribution in [-0.4, -0.2) is 134 Å². The van der Waals surface area contributed by atoms with Crippen molar-refractivity contribution in [1.29, 1.82) is 0 Å². The Hall–Kier alpha value is -7.00. The molecule has 4 heterocycles. The highest BCUT2D eigenvalue weighted by molar-refractivity contribution is 7.86. The lowest BCUT2D eigenvalue weighted by Gasteiger charge is -2.27. The van der Waals surface area contributed by atoms with E-state index in [1.54, 1.807) is 9.80 Å². The maximum absolute atomic E-state index is 12.8. The summed E-state index contributed by atoms with van der Waals surface area (Å²) in [5.41, 5.74) is 0.315. The molecule has 0 saturated carbocycles. The molecule has 4 aromatic carbocycles. The summed E-state index contributed by atoms with van der Waals surface area (Å²) in [6.45, 7) is 3.09. The van der Waals surface area contributed by atoms with Crippen molar-refractivity contribution < 1.29 is 61.4 Å². The van der Waals surface area contributed by atoms with E-state index in [2.05, 4.69) is 51.2 Å². The molecule has 0 unspecified atom stereocenters. The van der Waals surface area contributed by atoms with Crippen LogP contribution < -0.4 is 31.1 Å². The Bertz CT molecular complexity index is 3220. The van der Waals surface area contributed by atoms with Crippen LogP contribution in [0.3, 0.4) is 0 Å². The number of aromatic nitrogens is 6. The van der Waals surface area contributed by atoms with Gasteiger partial charge in [0.1, 0.15) is 9.79 Å². The van der Waals surface area contributed by atoms with Crippen molar-refractivity contribution in [1.82, 2.24) is 29.9 Å². The molecule has 0 amide bonds. The highest BCUT2D eigenvalue weighted by Crippen LogP contribution is 2.30. The van der Waals surface area contributed by atoms with Crippen molar-refractivity contribution in [2.45, 2.75) is 19.6 Å². The summed E-state index contributed by atoms with van der Waals surface area (Å²) >= 11 is 0. The van der Waals surface area contributed by atoms with E-state index in [0.29, 0.717) is 52.6 Å². The lowest BCUT2D eigenvalue weighted by Crippen LogP contribution is -2.37. The number of nitrogens with zero attached hydrogens (tertiary/aromatic N) is 8. The van der Waals surface area contributed by atoms with Crippen molar-refractivity contribution in [2.24, 2.45) is 0 Å². The first-order chi connectivity index (χ1) is 33.1. The molecule has 8 rings (SSSR count). The van der Waals surface area contributed by atoms with Crippen molar-refractivity contribution in [3.63, 3.8) is 0 Å². The summed E-state index contributed by atoms with van der Waals surface area (Å²) in [5, 5.41) is 11.5. The van der Waals surface area contributed by atoms with Gasteiger partial charge in [0.2, 0.25) is 35.7 Å². The van der Waals surface area contributed by atoms with Crippen molar-refractivity contribution in [3.8, 4) is 0 Å². The van der Waals surface area contributed by atoms with Crippen LogP contribution in [0.15, 0.2) is 105 Å². The molecule has 8 N–H and O–H groups in total. The van der Waals surface area contributed by atoms with Gasteiger partial charge in [-0.1, -0.05) is 36.4 Å². The third-order valence-electron chi connectivity index (χ3n) is 10.1. The van der Waals surface area contributed by atoms with Gasteiger partial charge in [-0.05, 0) is 71.8 Å². The fraction of sp³-hybridized carbons (Fsp3) is 0.200. The third-order valence-corrected chi connectivity index (χ3v) is 13.7. The summed E-state index contributed by atoms with van der Waals surface area (Å²) in [5.74, 6) is 0.0185. The number of ether oxygens (including phenoxy) is 2. The van der Waals surface area contributed by atoms with Crippen molar-refractivity contribution in [2.75, 3.05) is 83.7 Å². The van der Waals surface area contributed by atoms with E-state index in [1.165, 1.54) is 72.8 Å². The lowest BCUT2D eigenvalue weighted by atomic mass is 10.1. The normalized spacial score (nSPS) is 14.9. The molecular formula is C40H40N12O14S4. The topological polar surface area (TPSA) is 368 Å². The molecule has 70 heavy (non-hydrogen) atoms. The largest absolute Gasteiger partial charge is 0.378 e. The average Bonchev–Trinajstić information content (AvgIpc) is 3.31. The van der Waals surface area contributed by atoms with E-state index in [4.69, 9.17) is 9.47 Å². The molecule has 0 radical (unpaired) electrons. The smallest absolute Gasteiger partial charge is 0.295 e. The van der Waals surface area contributed by atoms with Crippen LogP contribution in [0.4, 0.5) is 58.4 Å². The van der Waals surface area contributed by atoms with Gasteiger partial charge in [-0.3, -0.25) is 18.2 Å². The molecule has 0 atom stereocenters. The molecule has 2 aliphatic rings. The third kappa shape index (κ3) is 12.6. The Kier molecular flexibility index (Phi) is 14.2. The Morgan fingerprint density at radius 3 is 1.07 bits per heavy atom. The van der Waals surface area contributed by atoms with Gasteiger partial charge >= 0.3 is 0 Å². The first-order valence-electron chi connectivity index (χ1n) is 20.5. The molecule has 0 spiro atoms. The summed E-state index contributed by atoms with van der Waals surface area (Å²) in [7, 11) is -19.0. The quantitative estimate of drug-likeness (QED) is 0.0504. The Balaban J connectivity index is 1.07. The predicted molar refractivity (Wildman–Crippen MR) is 253 cm³/mol. The molecule has 2 aliphatic heterocycles. The van der Waals surface area contributed by atoms with E-state index in [0.717, 1.165) is 24.3 Å². The summed E-state index contributed by atoms with van der Waals surface area (Å²) < 4.78 is 149. The minimum atomic E-state index is -4.97. The first-order valence-corrected chi connectivity index (χ1v) is 26.2. The average molecular weight is 1040 g/mol. The second-order valence-corrected chi connectivity index (χ2v) is 20.7. The fourth-order valence-electron chi connectivity index (χ4n) is 6.87. The van der Waals surface area contributed by atoms with Crippen LogP contribution in [-0.2, 0) is 49.9 Å². The van der Waals surface area contributed by atoms with Crippen LogP contribution >= 0.6 is 0 Å². The van der Waals surface area contributed by atoms with E-state index < -0.39 is 50.3 Å². The fourth-order valence-corrected chi connectivity index (χ4v) is 9.35. The summed E-state index contributed by atoms with van der Waals surface area (Å²) in [4.78, 5) is 28.1. The number of hydrogen-bond donors (Lipinski definition) is 8. The zero-order valence-corrected chi connectivity index (χ0v) is 39.2. The number of anilines is 10. The number of benzene rings is 4. The Labute approximate surface area is 399 Å². The summed E-state index contributed by atoms with van der Waals surface area (Å²) in [6, 6.07) is 18.0. The molecular weight excluding hydrogens is 1000 g/mol. The molecule has 368 valence electrons. The second-order valence-electron chi connectivity index (χ2n) is 15.1. The number of rotatable bonds is 16. The van der Waals surface area contributed by atoms with Crippen LogP contribution in [0.1, 0.15) is 11.1 Å². The minimum absolute atomic E-state index is 0.0631. The summed E-state index contributed by atoms with van der Waals surface area (Å²) in [6.07, 6.45) is 2.39. The van der Waals surface area contributed by atoms with Gasteiger partial charge in [-0.2, -0.15) is 63.6 Å². The SMILES string of the molecule is O=S(=O)(O)c1cccc(Nc2nc(Nc3ccc(/C=C/c4ccc(Nc5nc(Nc6cccc(S(=O)(=O)O)c6)nc(N6CCOCC6)n5)cc4S(=O)(=O)O)c(S(=O)(=O)O)c3)nc(N3CCOCC3)n2)c1. The Morgan fingerprint density at radius 2 is 0.757 bits per heavy atom. The zero-order valence-electron chi connectivity index (χ0n) is 36.0. The maximum Gasteiger partial charge on any atom is 0.295 e. The molecule has 2 fully saturated rings. The molecule has 2 aromatic heterocycles. The van der Waals surface area contributed by atoms with Crippen LogP contribution in [0, 0.1) is 0 Å². The van der Waals surface area contributed by atoms with E-state index in [1.807, 2.05) is 0 Å². The zero-order chi connectivity index (χ0) is 49.8. The number of morpholine rings is 2. The molecule has 6 aromatic rings. The standard InChI is InChI=1S/C40H40N12O14S4/c53-67(54,55)31-5-1-3-27(21-31)41-35-45-37(49-39(47-35)51-13-17-65-18-14-51)43-29-11-9-25(33(23-29)69(59,60)61)7-8-26-10-12-30(24-34(26)70(62,63)64)44-38-46-36(48-40(50-38)52-15-19-66-20-16-52)42-28-4-2-6-32(22-28)68(56,57)58/h1-12,21-24H,13-20H2,(H,53,54,55)(H,56,57,58)(H,59,60,61)(H,62,63,64)(H2,41,43,45,47,49)(H2,42,44,46,48,50)/b8-7+. The molecule has 2 saturated heterocycles. The van der Waals surface area contributed by atoms with E-state index >= 15 is 0 Å². The highest BCUT2D eigenvalue weighted by Gasteiger charge is 2.23. The molecule has 0 bridgehead atoms. The lowest BCUT2D eigenvalue weighted by molar-refractivity contribution is 0.122. The van der Waals surface area contributed by atoms with Gasteiger partial charge in [-0.15, -0.1) is 0 Å². The maximum atomic E-state index is 12.8. The number of nitrogens with one attached hydrogen (secondary N) is 4. The second kappa shape index (κ2) is 20.2. The Morgan fingerprint density at radius 1 is 0.429 bits per heavy atom. The van der Waals surface area contributed by atoms with E-state index in [9.17, 15) is 51.9 Å². The van der Waals surface area contributed by atoms with Crippen molar-refractivity contribution >= 4 is 111 Å². The van der Waals surface area contributed by atoms with Crippen LogP contribution in [0.25, 0.3) is 12.2 Å². The van der Waals surface area contributed by atoms with Gasteiger partial charge < -0.3 is 40.5 Å². The van der Waals surface area contributed by atoms with E-state index in [-0.39, 0.29) is 79.4 Å². The molecule has 0 aliphatic carbocycles. The van der Waals surface area contributed by atoms with Crippen LogP contribution in [0.5, 0.6) is 0 Å². The monoisotopic (exact) mass is 1040 g/mol. The predicted octanol–water partition coefficient (Wildman–Crippen LogP) is 3.86. The van der Waals surface area contributed by atoms with Gasteiger partial charge in [0.05, 0.1) is 36.2 Å². The first kappa shape index (κ1) is 49.4. The van der Waals surface area contributed by atoms with Gasteiger partial charge in [0.15, 0.2) is 0 Å². The van der Waals surface area contributed by atoms with Gasteiger partial charge in [-0.25, -0.2) is 0 Å². The van der Waals surface area contributed by atoms with Gasteiger partial charge in [0.25, 0.3) is 40.5 Å². The molecule has 26 nitrogen and oxygen atoms in total. The van der Waals surface area contributed by atoms with Gasteiger partial charge in [0, 0.05) is 48.9 Å². The van der Waals surface area contributed by atoms with Crippen molar-refractivity contribution in [3.05, 3.63) is 96.1 Å². The minimum Gasteiger partial charge on any atom is -0.378 e. The van der Waals surface area contributed by atoms with Crippen LogP contribution in [0.2, 0.25) is 0 Å². The highest BCUT2D eigenvalue weighted by atomic mass is 32.2. The number of hydrogen-bond acceptors (Lipinski definition) is 22.